The Kier molecular flexibility index (Phi) is 8.41. The van der Waals surface area contributed by atoms with Gasteiger partial charge in [-0.1, -0.05) is 56.4 Å². The molecule has 34 heavy (non-hydrogen) atoms. The van der Waals surface area contributed by atoms with Crippen molar-refractivity contribution >= 4 is 34.1 Å². The highest BCUT2D eigenvalue weighted by atomic mass is 32.2. The van der Waals surface area contributed by atoms with E-state index in [1.54, 1.807) is 24.2 Å². The van der Waals surface area contributed by atoms with Crippen molar-refractivity contribution in [2.24, 2.45) is 0 Å². The van der Waals surface area contributed by atoms with Gasteiger partial charge in [-0.2, -0.15) is 0 Å². The molecule has 0 radical (unpaired) electrons. The normalized spacial score (nSPS) is 14.6. The quantitative estimate of drug-likeness (QED) is 0.370. The van der Waals surface area contributed by atoms with Gasteiger partial charge in [-0.15, -0.1) is 11.8 Å². The van der Waals surface area contributed by atoms with E-state index in [0.717, 1.165) is 34.2 Å². The summed E-state index contributed by atoms with van der Waals surface area (Å²) in [5.41, 5.74) is 1.99. The SMILES string of the molecule is CC(C)(C)c1cnc(CSc2cnc(NC(=O)Cc3cccc(COCN4CCCC4)c3)s2)o1. The number of amides is 1. The molecule has 0 aliphatic carbocycles. The fourth-order valence-corrected chi connectivity index (χ4v) is 5.36. The van der Waals surface area contributed by atoms with Crippen LogP contribution in [0, 0.1) is 0 Å². The molecule has 1 aliphatic heterocycles. The van der Waals surface area contributed by atoms with Crippen LogP contribution >= 0.6 is 23.1 Å². The molecule has 0 unspecified atom stereocenters. The molecule has 1 fully saturated rings. The van der Waals surface area contributed by atoms with Gasteiger partial charge in [0.1, 0.15) is 5.76 Å². The van der Waals surface area contributed by atoms with E-state index in [1.807, 2.05) is 24.3 Å². The first-order chi connectivity index (χ1) is 16.3. The van der Waals surface area contributed by atoms with Gasteiger partial charge in [0, 0.05) is 18.5 Å². The van der Waals surface area contributed by atoms with Crippen molar-refractivity contribution in [3.63, 3.8) is 0 Å². The van der Waals surface area contributed by atoms with Crippen LogP contribution in [0.3, 0.4) is 0 Å². The fourth-order valence-electron chi connectivity index (χ4n) is 3.62. The van der Waals surface area contributed by atoms with Crippen molar-refractivity contribution < 1.29 is 13.9 Å². The molecule has 182 valence electrons. The van der Waals surface area contributed by atoms with Crippen molar-refractivity contribution in [1.82, 2.24) is 14.9 Å². The summed E-state index contributed by atoms with van der Waals surface area (Å²) in [6, 6.07) is 8.01. The van der Waals surface area contributed by atoms with Crippen LogP contribution in [-0.2, 0) is 33.7 Å². The van der Waals surface area contributed by atoms with E-state index in [4.69, 9.17) is 9.15 Å². The van der Waals surface area contributed by atoms with Gasteiger partial charge in [0.2, 0.25) is 11.8 Å². The molecule has 0 spiro atoms. The molecule has 7 nitrogen and oxygen atoms in total. The lowest BCUT2D eigenvalue weighted by Crippen LogP contribution is -2.22. The number of carbonyl (C=O) groups excluding carboxylic acids is 1. The number of nitrogens with zero attached hydrogens (tertiary/aromatic N) is 3. The maximum Gasteiger partial charge on any atom is 0.230 e. The number of hydrogen-bond donors (Lipinski definition) is 1. The van der Waals surface area contributed by atoms with Crippen LogP contribution in [-0.4, -0.2) is 40.6 Å². The van der Waals surface area contributed by atoms with Gasteiger partial charge < -0.3 is 14.5 Å². The summed E-state index contributed by atoms with van der Waals surface area (Å²) >= 11 is 3.05. The number of thioether (sulfide) groups is 1. The number of ether oxygens (including phenoxy) is 1. The zero-order chi connectivity index (χ0) is 24.0. The Bertz CT molecular complexity index is 1080. The standard InChI is InChI=1S/C25H32N4O3S2/c1-25(2,3)20-13-26-22(32-20)16-33-23-14-27-24(34-23)28-21(30)12-18-7-6-8-19(11-18)15-31-17-29-9-4-5-10-29/h6-8,11,13-14H,4-5,9-10,12,15-17H2,1-3H3,(H,27,28,30). The third-order valence-electron chi connectivity index (χ3n) is 5.46. The van der Waals surface area contributed by atoms with Crippen molar-refractivity contribution in [2.75, 3.05) is 25.1 Å². The summed E-state index contributed by atoms with van der Waals surface area (Å²) in [4.78, 5) is 23.6. The molecular weight excluding hydrogens is 468 g/mol. The lowest BCUT2D eigenvalue weighted by molar-refractivity contribution is -0.115. The first-order valence-corrected chi connectivity index (χ1v) is 13.4. The van der Waals surface area contributed by atoms with Gasteiger partial charge in [-0.05, 0) is 24.0 Å². The zero-order valence-electron chi connectivity index (χ0n) is 20.0. The highest BCUT2D eigenvalue weighted by molar-refractivity contribution is 8.00. The molecule has 2 aromatic heterocycles. The first-order valence-electron chi connectivity index (χ1n) is 11.6. The number of thiazole rings is 1. The Hall–Kier alpha value is -2.20. The van der Waals surface area contributed by atoms with Crippen molar-refractivity contribution in [1.29, 1.82) is 0 Å². The molecule has 4 rings (SSSR count). The monoisotopic (exact) mass is 500 g/mol. The number of oxazole rings is 1. The summed E-state index contributed by atoms with van der Waals surface area (Å²) in [5.74, 6) is 2.11. The van der Waals surface area contributed by atoms with Crippen LogP contribution in [0.15, 0.2) is 45.3 Å². The average Bonchev–Trinajstić information content (AvgIpc) is 3.54. The molecule has 3 heterocycles. The fraction of sp³-hybridized carbons (Fsp3) is 0.480. The number of hydrogen-bond acceptors (Lipinski definition) is 8. The number of aromatic nitrogens is 2. The van der Waals surface area contributed by atoms with Crippen molar-refractivity contribution in [3.05, 3.63) is 59.4 Å². The molecular formula is C25H32N4O3S2. The maximum absolute atomic E-state index is 12.6. The molecule has 1 saturated heterocycles. The molecule has 0 atom stereocenters. The van der Waals surface area contributed by atoms with E-state index < -0.39 is 0 Å². The summed E-state index contributed by atoms with van der Waals surface area (Å²) in [6.45, 7) is 9.76. The summed E-state index contributed by atoms with van der Waals surface area (Å²) in [7, 11) is 0. The number of anilines is 1. The van der Waals surface area contributed by atoms with E-state index in [0.29, 0.717) is 36.5 Å². The molecule has 1 aromatic carbocycles. The third kappa shape index (κ3) is 7.40. The number of nitrogens with one attached hydrogen (secondary N) is 1. The van der Waals surface area contributed by atoms with Gasteiger partial charge >= 0.3 is 0 Å². The van der Waals surface area contributed by atoms with Gasteiger partial charge in [-0.25, -0.2) is 9.97 Å². The molecule has 1 aliphatic rings. The highest BCUT2D eigenvalue weighted by Crippen LogP contribution is 2.31. The minimum Gasteiger partial charge on any atom is -0.444 e. The lowest BCUT2D eigenvalue weighted by atomic mass is 9.94. The van der Waals surface area contributed by atoms with Crippen LogP contribution in [0.4, 0.5) is 5.13 Å². The minimum atomic E-state index is -0.0800. The van der Waals surface area contributed by atoms with Crippen LogP contribution in [0.2, 0.25) is 0 Å². The summed E-state index contributed by atoms with van der Waals surface area (Å²) in [5, 5.41) is 3.51. The Labute approximate surface area is 209 Å². The van der Waals surface area contributed by atoms with E-state index in [2.05, 4.69) is 41.0 Å². The minimum absolute atomic E-state index is 0.0575. The van der Waals surface area contributed by atoms with Crippen LogP contribution in [0.5, 0.6) is 0 Å². The van der Waals surface area contributed by atoms with Gasteiger partial charge in [0.15, 0.2) is 5.13 Å². The summed E-state index contributed by atoms with van der Waals surface area (Å²) in [6.07, 6.45) is 6.38. The van der Waals surface area contributed by atoms with Crippen LogP contribution in [0.25, 0.3) is 0 Å². The maximum atomic E-state index is 12.6. The first kappa shape index (κ1) is 24.9. The molecule has 0 saturated carbocycles. The van der Waals surface area contributed by atoms with E-state index in [1.165, 1.54) is 24.2 Å². The Balaban J connectivity index is 1.22. The van der Waals surface area contributed by atoms with E-state index in [-0.39, 0.29) is 11.3 Å². The Morgan fingerprint density at radius 1 is 1.21 bits per heavy atom. The van der Waals surface area contributed by atoms with E-state index in [9.17, 15) is 4.79 Å². The topological polar surface area (TPSA) is 80.5 Å². The average molecular weight is 501 g/mol. The third-order valence-corrected chi connectivity index (χ3v) is 7.55. The lowest BCUT2D eigenvalue weighted by Gasteiger charge is -2.14. The Morgan fingerprint density at radius 2 is 2.00 bits per heavy atom. The predicted octanol–water partition coefficient (Wildman–Crippen LogP) is 5.47. The van der Waals surface area contributed by atoms with Gasteiger partial charge in [-0.3, -0.25) is 9.69 Å². The van der Waals surface area contributed by atoms with Crippen LogP contribution in [0.1, 0.15) is 56.4 Å². The van der Waals surface area contributed by atoms with Gasteiger partial charge in [0.25, 0.3) is 0 Å². The molecule has 9 heteroatoms. The number of benzene rings is 1. The molecule has 3 aromatic rings. The molecule has 1 amide bonds. The second-order valence-electron chi connectivity index (χ2n) is 9.49. The van der Waals surface area contributed by atoms with E-state index >= 15 is 0 Å². The largest absolute Gasteiger partial charge is 0.444 e. The van der Waals surface area contributed by atoms with Crippen LogP contribution < -0.4 is 5.32 Å². The molecule has 0 bridgehead atoms. The Morgan fingerprint density at radius 3 is 2.76 bits per heavy atom. The van der Waals surface area contributed by atoms with Crippen molar-refractivity contribution in [3.8, 4) is 0 Å². The van der Waals surface area contributed by atoms with Crippen molar-refractivity contribution in [2.45, 2.75) is 62.0 Å². The summed E-state index contributed by atoms with van der Waals surface area (Å²) < 4.78 is 12.7. The number of rotatable bonds is 10. The second-order valence-corrected chi connectivity index (χ2v) is 11.8. The number of carbonyl (C=O) groups is 1. The molecule has 1 N–H and O–H groups in total. The number of likely N-dealkylation sites (tertiary alicyclic amines) is 1. The smallest absolute Gasteiger partial charge is 0.230 e. The second kappa shape index (κ2) is 11.5. The predicted molar refractivity (Wildman–Crippen MR) is 136 cm³/mol. The zero-order valence-corrected chi connectivity index (χ0v) is 21.6. The van der Waals surface area contributed by atoms with Gasteiger partial charge in [0.05, 0.1) is 42.1 Å². The highest BCUT2D eigenvalue weighted by Gasteiger charge is 2.19.